The van der Waals surface area contributed by atoms with E-state index < -0.39 is 11.9 Å². The fraction of sp³-hybridized carbons (Fsp3) is 0.692. The van der Waals surface area contributed by atoms with Crippen molar-refractivity contribution < 1.29 is 19.4 Å². The molecule has 0 aromatic rings. The number of thioether (sulfide) groups is 1. The molecule has 2 aliphatic rings. The summed E-state index contributed by atoms with van der Waals surface area (Å²) >= 11 is 1.70. The van der Waals surface area contributed by atoms with Gasteiger partial charge in [-0.15, -0.1) is 0 Å². The van der Waals surface area contributed by atoms with Crippen LogP contribution in [0.1, 0.15) is 25.7 Å². The first-order valence-electron chi connectivity index (χ1n) is 6.10. The molecular weight excluding hydrogens is 252 g/mol. The van der Waals surface area contributed by atoms with Crippen molar-refractivity contribution in [3.63, 3.8) is 0 Å². The minimum atomic E-state index is -0.680. The van der Waals surface area contributed by atoms with E-state index in [2.05, 4.69) is 0 Å². The van der Waals surface area contributed by atoms with Gasteiger partial charge in [-0.2, -0.15) is 11.8 Å². The van der Waals surface area contributed by atoms with E-state index in [1.54, 1.807) is 11.8 Å². The molecule has 2 rings (SSSR count). The maximum atomic E-state index is 11.9. The summed E-state index contributed by atoms with van der Waals surface area (Å²) in [4.78, 5) is 23.5. The van der Waals surface area contributed by atoms with Crippen LogP contribution >= 0.6 is 11.8 Å². The van der Waals surface area contributed by atoms with Crippen molar-refractivity contribution in [2.24, 2.45) is 11.8 Å². The second-order valence-electron chi connectivity index (χ2n) is 4.97. The van der Waals surface area contributed by atoms with Gasteiger partial charge in [0.15, 0.2) is 5.78 Å². The van der Waals surface area contributed by atoms with Gasteiger partial charge < -0.3 is 9.84 Å². The summed E-state index contributed by atoms with van der Waals surface area (Å²) in [6, 6.07) is 0. The Labute approximate surface area is 111 Å². The van der Waals surface area contributed by atoms with Gasteiger partial charge in [-0.25, -0.2) is 0 Å². The van der Waals surface area contributed by atoms with Crippen LogP contribution in [0.4, 0.5) is 0 Å². The molecule has 18 heavy (non-hydrogen) atoms. The molecule has 0 spiro atoms. The van der Waals surface area contributed by atoms with Crippen molar-refractivity contribution in [3.05, 3.63) is 11.8 Å². The van der Waals surface area contributed by atoms with Gasteiger partial charge in [-0.05, 0) is 19.1 Å². The van der Waals surface area contributed by atoms with Crippen LogP contribution < -0.4 is 0 Å². The number of ether oxygens (including phenoxy) is 1. The number of aliphatic hydroxyl groups excluding tert-OH is 1. The highest BCUT2D eigenvalue weighted by atomic mass is 32.2. The van der Waals surface area contributed by atoms with Crippen LogP contribution in [0.5, 0.6) is 0 Å². The smallest absolute Gasteiger partial charge is 0.316 e. The molecule has 2 aliphatic carbocycles. The van der Waals surface area contributed by atoms with Crippen LogP contribution in [0, 0.1) is 11.8 Å². The minimum absolute atomic E-state index is 0.0588. The van der Waals surface area contributed by atoms with Gasteiger partial charge in [0.2, 0.25) is 0 Å². The molecule has 1 saturated carbocycles. The molecule has 0 amide bonds. The van der Waals surface area contributed by atoms with Crippen molar-refractivity contribution in [2.45, 2.75) is 30.4 Å². The number of esters is 1. The minimum Gasteiger partial charge on any atom is -0.511 e. The van der Waals surface area contributed by atoms with Crippen molar-refractivity contribution in [1.29, 1.82) is 0 Å². The number of rotatable bonds is 3. The second kappa shape index (κ2) is 4.96. The molecule has 0 radical (unpaired) electrons. The Kier molecular flexibility index (Phi) is 3.71. The van der Waals surface area contributed by atoms with E-state index in [-0.39, 0.29) is 22.2 Å². The molecule has 2 unspecified atom stereocenters. The molecule has 0 heterocycles. The summed E-state index contributed by atoms with van der Waals surface area (Å²) in [6.07, 6.45) is 6.60. The maximum Gasteiger partial charge on any atom is 0.316 e. The zero-order valence-electron chi connectivity index (χ0n) is 10.6. The molecular formula is C13H18O4S. The summed E-state index contributed by atoms with van der Waals surface area (Å²) in [6.45, 7) is 0. The quantitative estimate of drug-likeness (QED) is 0.796. The molecule has 0 bridgehead atoms. The van der Waals surface area contributed by atoms with Crippen molar-refractivity contribution in [3.8, 4) is 0 Å². The van der Waals surface area contributed by atoms with Crippen LogP contribution in [0.25, 0.3) is 0 Å². The Hall–Kier alpha value is -0.970. The number of carbonyl (C=O) groups is 2. The average Bonchev–Trinajstić information content (AvgIpc) is 2.27. The Balaban J connectivity index is 2.34. The third-order valence-corrected chi connectivity index (χ3v) is 5.71. The number of hydrogen-bond donors (Lipinski definition) is 1. The standard InChI is InChI=1S/C13H18O4S/c1-17-12(16)11-9(6-8(14)7-10(11)15)13(18-2)4-3-5-13/h7,9,11,15H,3-6H2,1-2H3. The van der Waals surface area contributed by atoms with Crippen LogP contribution in [-0.2, 0) is 14.3 Å². The Bertz CT molecular complexity index is 392. The summed E-state index contributed by atoms with van der Waals surface area (Å²) < 4.78 is 4.71. The number of ketones is 1. The SMILES string of the molecule is COC(=O)C1C(O)=CC(=O)CC1C1(SC)CCC1. The van der Waals surface area contributed by atoms with Gasteiger partial charge in [0.25, 0.3) is 0 Å². The second-order valence-corrected chi connectivity index (χ2v) is 6.19. The van der Waals surface area contributed by atoms with Gasteiger partial charge in [-0.3, -0.25) is 9.59 Å². The van der Waals surface area contributed by atoms with Gasteiger partial charge in [0.05, 0.1) is 7.11 Å². The first kappa shape index (κ1) is 13.5. The monoisotopic (exact) mass is 270 g/mol. The lowest BCUT2D eigenvalue weighted by atomic mass is 9.65. The average molecular weight is 270 g/mol. The first-order chi connectivity index (χ1) is 8.54. The predicted molar refractivity (Wildman–Crippen MR) is 69.4 cm³/mol. The van der Waals surface area contributed by atoms with E-state index in [1.807, 2.05) is 6.26 Å². The van der Waals surface area contributed by atoms with Crippen molar-refractivity contribution >= 4 is 23.5 Å². The molecule has 4 nitrogen and oxygen atoms in total. The van der Waals surface area contributed by atoms with E-state index in [1.165, 1.54) is 13.2 Å². The third kappa shape index (κ3) is 2.05. The van der Waals surface area contributed by atoms with E-state index in [0.29, 0.717) is 6.42 Å². The normalized spacial score (nSPS) is 30.3. The number of allylic oxidation sites excluding steroid dienone is 1. The summed E-state index contributed by atoms with van der Waals surface area (Å²) in [5, 5.41) is 9.92. The topological polar surface area (TPSA) is 63.6 Å². The number of hydrogen-bond acceptors (Lipinski definition) is 5. The van der Waals surface area contributed by atoms with Gasteiger partial charge in [-0.1, -0.05) is 6.42 Å². The highest BCUT2D eigenvalue weighted by Gasteiger charge is 2.52. The highest BCUT2D eigenvalue weighted by molar-refractivity contribution is 8.00. The summed E-state index contributed by atoms with van der Waals surface area (Å²) in [5.41, 5.74) is 0. The fourth-order valence-corrected chi connectivity index (χ4v) is 4.23. The van der Waals surface area contributed by atoms with Crippen LogP contribution in [-0.4, -0.2) is 35.0 Å². The molecule has 0 aliphatic heterocycles. The predicted octanol–water partition coefficient (Wildman–Crippen LogP) is 2.09. The summed E-state index contributed by atoms with van der Waals surface area (Å²) in [5.74, 6) is -1.50. The first-order valence-corrected chi connectivity index (χ1v) is 7.33. The Morgan fingerprint density at radius 3 is 2.67 bits per heavy atom. The molecule has 0 aromatic heterocycles. The Morgan fingerprint density at radius 2 is 2.22 bits per heavy atom. The van der Waals surface area contributed by atoms with E-state index in [0.717, 1.165) is 19.3 Å². The lowest BCUT2D eigenvalue weighted by Gasteiger charge is -2.49. The molecule has 1 N–H and O–H groups in total. The maximum absolute atomic E-state index is 11.9. The van der Waals surface area contributed by atoms with Crippen LogP contribution in [0.2, 0.25) is 0 Å². The van der Waals surface area contributed by atoms with Gasteiger partial charge >= 0.3 is 5.97 Å². The fourth-order valence-electron chi connectivity index (χ4n) is 3.01. The van der Waals surface area contributed by atoms with E-state index in [9.17, 15) is 14.7 Å². The third-order valence-electron chi connectivity index (χ3n) is 4.19. The van der Waals surface area contributed by atoms with Gasteiger partial charge in [0, 0.05) is 23.2 Å². The highest BCUT2D eigenvalue weighted by Crippen LogP contribution is 2.54. The zero-order valence-corrected chi connectivity index (χ0v) is 11.5. The molecule has 0 saturated heterocycles. The van der Waals surface area contributed by atoms with Crippen LogP contribution in [0.3, 0.4) is 0 Å². The Morgan fingerprint density at radius 1 is 1.56 bits per heavy atom. The van der Waals surface area contributed by atoms with E-state index in [4.69, 9.17) is 4.74 Å². The molecule has 100 valence electrons. The van der Waals surface area contributed by atoms with Crippen molar-refractivity contribution in [1.82, 2.24) is 0 Å². The zero-order chi connectivity index (χ0) is 13.3. The molecule has 2 atom stereocenters. The number of methoxy groups -OCH3 is 1. The molecule has 0 aromatic carbocycles. The molecule has 5 heteroatoms. The van der Waals surface area contributed by atoms with Gasteiger partial charge in [0.1, 0.15) is 11.7 Å². The van der Waals surface area contributed by atoms with Crippen molar-refractivity contribution in [2.75, 3.05) is 13.4 Å². The lowest BCUT2D eigenvalue weighted by Crippen LogP contribution is -2.49. The number of carbonyl (C=O) groups excluding carboxylic acids is 2. The van der Waals surface area contributed by atoms with E-state index >= 15 is 0 Å². The largest absolute Gasteiger partial charge is 0.511 e. The van der Waals surface area contributed by atoms with Crippen LogP contribution in [0.15, 0.2) is 11.8 Å². The summed E-state index contributed by atoms with van der Waals surface area (Å²) in [7, 11) is 1.32. The number of aliphatic hydroxyl groups is 1. The lowest BCUT2D eigenvalue weighted by molar-refractivity contribution is -0.148. The molecule has 1 fully saturated rings.